The van der Waals surface area contributed by atoms with Gasteiger partial charge in [-0.1, -0.05) is 48.0 Å². The van der Waals surface area contributed by atoms with Crippen molar-refractivity contribution in [2.75, 3.05) is 19.3 Å². The van der Waals surface area contributed by atoms with Crippen LogP contribution in [0.3, 0.4) is 0 Å². The fraction of sp³-hybridized carbons (Fsp3) is 0.367. The van der Waals surface area contributed by atoms with E-state index < -0.39 is 33.6 Å². The van der Waals surface area contributed by atoms with Gasteiger partial charge in [0.05, 0.1) is 12.3 Å². The molecule has 1 saturated heterocycles. The summed E-state index contributed by atoms with van der Waals surface area (Å²) < 4.78 is 55.6. The van der Waals surface area contributed by atoms with Crippen molar-refractivity contribution >= 4 is 27.4 Å². The molecule has 0 radical (unpaired) electrons. The minimum absolute atomic E-state index is 0.129. The molecule has 4 rings (SSSR count). The molecule has 0 aromatic heterocycles. The second-order valence-corrected chi connectivity index (χ2v) is 12.8. The highest BCUT2D eigenvalue weighted by Crippen LogP contribution is 2.31. The van der Waals surface area contributed by atoms with E-state index in [0.29, 0.717) is 46.8 Å². The Hall–Kier alpha value is -2.69. The van der Waals surface area contributed by atoms with Gasteiger partial charge in [0.15, 0.2) is 5.78 Å². The highest BCUT2D eigenvalue weighted by molar-refractivity contribution is 7.88. The summed E-state index contributed by atoms with van der Waals surface area (Å²) in [5, 5.41) is 3.70. The Morgan fingerprint density at radius 3 is 2.42 bits per heavy atom. The largest absolute Gasteiger partial charge is 0.321 e. The van der Waals surface area contributed by atoms with E-state index in [9.17, 15) is 17.6 Å². The lowest BCUT2D eigenvalue weighted by molar-refractivity contribution is -0.119. The molecule has 3 aromatic carbocycles. The molecule has 1 fully saturated rings. The lowest BCUT2D eigenvalue weighted by Crippen LogP contribution is -2.58. The predicted molar refractivity (Wildman–Crippen MR) is 154 cm³/mol. The van der Waals surface area contributed by atoms with E-state index in [0.717, 1.165) is 0 Å². The first-order valence-electron chi connectivity index (χ1n) is 13.2. The van der Waals surface area contributed by atoms with Crippen LogP contribution in [0.25, 0.3) is 0 Å². The number of ketones is 1. The Balaban J connectivity index is 1.58. The number of nitrogens with one attached hydrogen (secondary N) is 1. The summed E-state index contributed by atoms with van der Waals surface area (Å²) in [4.78, 5) is 13.6. The predicted octanol–water partition coefficient (Wildman–Crippen LogP) is 4.44. The van der Waals surface area contributed by atoms with E-state index in [-0.39, 0.29) is 30.7 Å². The van der Waals surface area contributed by atoms with E-state index in [2.05, 4.69) is 5.32 Å². The number of nitrogens with two attached hydrogens (primary N) is 1. The fourth-order valence-electron chi connectivity index (χ4n) is 5.68. The Morgan fingerprint density at radius 2 is 1.75 bits per heavy atom. The summed E-state index contributed by atoms with van der Waals surface area (Å²) in [5.41, 5.74) is 8.59. The summed E-state index contributed by atoms with van der Waals surface area (Å²) in [6.45, 7) is 2.84. The third-order valence-electron chi connectivity index (χ3n) is 7.45. The number of Topliss-reactive ketones (excluding diaryl/α,β-unsaturated/α-hetero) is 1. The second kappa shape index (κ2) is 12.9. The van der Waals surface area contributed by atoms with E-state index >= 15 is 4.39 Å². The van der Waals surface area contributed by atoms with E-state index in [1.165, 1.54) is 28.8 Å². The molecule has 0 spiro atoms. The van der Waals surface area contributed by atoms with Crippen LogP contribution in [-0.2, 0) is 27.7 Å². The van der Waals surface area contributed by atoms with Crippen LogP contribution >= 0.6 is 11.6 Å². The van der Waals surface area contributed by atoms with Gasteiger partial charge in [0, 0.05) is 42.5 Å². The number of sulfonamides is 1. The van der Waals surface area contributed by atoms with Crippen LogP contribution in [0.1, 0.15) is 41.5 Å². The molecular formula is C30H34ClF2N3O3S. The summed E-state index contributed by atoms with van der Waals surface area (Å²) in [7, 11) is -3.45. The van der Waals surface area contributed by atoms with Crippen molar-refractivity contribution in [2.24, 2.45) is 5.73 Å². The number of hydrogen-bond acceptors (Lipinski definition) is 5. The molecule has 214 valence electrons. The van der Waals surface area contributed by atoms with Gasteiger partial charge in [0.25, 0.3) is 0 Å². The Kier molecular flexibility index (Phi) is 9.74. The standard InChI is InChI=1S/C30H34ClF2N3O3S/c1-19-17-35-18-25(36(19)40(2,38)39)12-13-26-20(6-5-11-27(26)33)16-28(37)30(34)29(21-7-3-9-23(31)14-21)22-8-4-10-24(32)15-22/h3-11,14-15,19,25,29-30,35H,12-13,16-18,34H2,1-2H3/t19-,25+,29+,30-/m1/s1. The fourth-order valence-corrected chi connectivity index (χ4v) is 7.33. The first kappa shape index (κ1) is 30.3. The molecule has 10 heteroatoms. The van der Waals surface area contributed by atoms with Crippen LogP contribution in [0.2, 0.25) is 5.02 Å². The van der Waals surface area contributed by atoms with Crippen molar-refractivity contribution in [1.82, 2.24) is 9.62 Å². The number of rotatable bonds is 10. The molecular weight excluding hydrogens is 556 g/mol. The Labute approximate surface area is 239 Å². The topological polar surface area (TPSA) is 92.5 Å². The van der Waals surface area contributed by atoms with Crippen LogP contribution in [-0.4, -0.2) is 56.0 Å². The van der Waals surface area contributed by atoms with Crippen LogP contribution in [0, 0.1) is 11.6 Å². The molecule has 3 N–H and O–H groups in total. The summed E-state index contributed by atoms with van der Waals surface area (Å²) in [5.74, 6) is -1.92. The Bertz CT molecular complexity index is 1420. The lowest BCUT2D eigenvalue weighted by Gasteiger charge is -2.39. The maximum Gasteiger partial charge on any atom is 0.211 e. The molecule has 40 heavy (non-hydrogen) atoms. The van der Waals surface area contributed by atoms with E-state index in [1.54, 1.807) is 48.5 Å². The number of piperazine rings is 1. The van der Waals surface area contributed by atoms with Gasteiger partial charge in [-0.25, -0.2) is 17.2 Å². The Morgan fingerprint density at radius 1 is 1.07 bits per heavy atom. The summed E-state index contributed by atoms with van der Waals surface area (Å²) >= 11 is 6.22. The van der Waals surface area contributed by atoms with Gasteiger partial charge in [-0.2, -0.15) is 4.31 Å². The van der Waals surface area contributed by atoms with Crippen molar-refractivity contribution in [3.8, 4) is 0 Å². The number of nitrogens with zero attached hydrogens (tertiary/aromatic N) is 1. The number of carbonyl (C=O) groups excluding carboxylic acids is 1. The van der Waals surface area contributed by atoms with Gasteiger partial charge in [-0.3, -0.25) is 4.79 Å². The maximum atomic E-state index is 15.1. The van der Waals surface area contributed by atoms with Crippen molar-refractivity contribution in [1.29, 1.82) is 0 Å². The minimum atomic E-state index is -3.45. The second-order valence-electron chi connectivity index (χ2n) is 10.4. The first-order chi connectivity index (χ1) is 19.0. The number of hydrogen-bond donors (Lipinski definition) is 2. The zero-order valence-electron chi connectivity index (χ0n) is 22.5. The van der Waals surface area contributed by atoms with Gasteiger partial charge in [-0.15, -0.1) is 0 Å². The van der Waals surface area contributed by atoms with Crippen LogP contribution in [0.4, 0.5) is 8.78 Å². The SMILES string of the molecule is C[C@@H]1CNC[C@H](CCc2c(F)cccc2CC(=O)[C@@H](N)[C@H](c2cccc(F)c2)c2cccc(Cl)c2)N1S(C)(=O)=O. The van der Waals surface area contributed by atoms with Crippen LogP contribution in [0.15, 0.2) is 66.7 Å². The molecule has 0 unspecified atom stereocenters. The molecule has 0 bridgehead atoms. The quantitative estimate of drug-likeness (QED) is 0.365. The zero-order chi connectivity index (χ0) is 29.0. The highest BCUT2D eigenvalue weighted by Gasteiger charge is 2.34. The van der Waals surface area contributed by atoms with E-state index in [1.807, 2.05) is 6.92 Å². The van der Waals surface area contributed by atoms with Gasteiger partial charge in [0.2, 0.25) is 10.0 Å². The summed E-state index contributed by atoms with van der Waals surface area (Å²) in [6, 6.07) is 15.8. The molecule has 1 heterocycles. The maximum absolute atomic E-state index is 15.1. The van der Waals surface area contributed by atoms with E-state index in [4.69, 9.17) is 17.3 Å². The molecule has 0 aliphatic carbocycles. The molecule has 6 nitrogen and oxygen atoms in total. The third kappa shape index (κ3) is 7.14. The smallest absolute Gasteiger partial charge is 0.211 e. The van der Waals surface area contributed by atoms with Crippen molar-refractivity contribution in [2.45, 2.75) is 50.2 Å². The van der Waals surface area contributed by atoms with Crippen molar-refractivity contribution < 1.29 is 22.0 Å². The average Bonchev–Trinajstić information content (AvgIpc) is 2.88. The van der Waals surface area contributed by atoms with Gasteiger partial charge >= 0.3 is 0 Å². The number of halogens is 3. The third-order valence-corrected chi connectivity index (χ3v) is 9.11. The molecule has 0 saturated carbocycles. The van der Waals surface area contributed by atoms with Crippen LogP contribution < -0.4 is 11.1 Å². The molecule has 0 amide bonds. The molecule has 3 aromatic rings. The number of benzene rings is 3. The van der Waals surface area contributed by atoms with Crippen LogP contribution in [0.5, 0.6) is 0 Å². The van der Waals surface area contributed by atoms with Gasteiger partial charge in [0.1, 0.15) is 11.6 Å². The number of carbonyl (C=O) groups is 1. The van der Waals surface area contributed by atoms with Gasteiger partial charge in [-0.05, 0) is 72.4 Å². The van der Waals surface area contributed by atoms with Crippen molar-refractivity contribution in [3.63, 3.8) is 0 Å². The van der Waals surface area contributed by atoms with Crippen molar-refractivity contribution in [3.05, 3.63) is 106 Å². The summed E-state index contributed by atoms with van der Waals surface area (Å²) in [6.07, 6.45) is 1.69. The minimum Gasteiger partial charge on any atom is -0.321 e. The molecule has 1 aliphatic rings. The average molecular weight is 590 g/mol. The highest BCUT2D eigenvalue weighted by atomic mass is 35.5. The zero-order valence-corrected chi connectivity index (χ0v) is 24.1. The first-order valence-corrected chi connectivity index (χ1v) is 15.4. The molecule has 4 atom stereocenters. The van der Waals surface area contributed by atoms with Gasteiger partial charge < -0.3 is 11.1 Å². The monoisotopic (exact) mass is 589 g/mol. The molecule has 1 aliphatic heterocycles. The lowest BCUT2D eigenvalue weighted by atomic mass is 9.82. The normalized spacial score (nSPS) is 19.8.